The summed E-state index contributed by atoms with van der Waals surface area (Å²) in [5.41, 5.74) is 0.438. The lowest BCUT2D eigenvalue weighted by Gasteiger charge is -2.38. The van der Waals surface area contributed by atoms with E-state index in [-0.39, 0.29) is 0 Å². The minimum atomic E-state index is 0.438. The van der Waals surface area contributed by atoms with E-state index in [1.165, 1.54) is 12.8 Å². The molecular formula is C11H18BrN3S. The third-order valence-electron chi connectivity index (χ3n) is 3.38. The van der Waals surface area contributed by atoms with Gasteiger partial charge in [0.05, 0.1) is 0 Å². The van der Waals surface area contributed by atoms with Gasteiger partial charge in [-0.1, -0.05) is 32.1 Å². The van der Waals surface area contributed by atoms with Crippen molar-refractivity contribution in [1.29, 1.82) is 0 Å². The van der Waals surface area contributed by atoms with E-state index in [0.29, 0.717) is 5.41 Å². The molecule has 0 spiro atoms. The topological polar surface area (TPSA) is 29.0 Å². The first-order valence-electron chi connectivity index (χ1n) is 5.71. The third-order valence-corrected chi connectivity index (χ3v) is 4.80. The molecule has 1 aliphatic heterocycles. The molecule has 2 rings (SSSR count). The van der Waals surface area contributed by atoms with Crippen LogP contribution in [0.1, 0.15) is 33.6 Å². The number of nitrogens with zero attached hydrogens (tertiary/aromatic N) is 3. The summed E-state index contributed by atoms with van der Waals surface area (Å²) in [5, 5.41) is 9.23. The zero-order valence-electron chi connectivity index (χ0n) is 10.0. The number of hydrogen-bond donors (Lipinski definition) is 0. The maximum atomic E-state index is 4.17. The maximum absolute atomic E-state index is 4.17. The first-order valence-corrected chi connectivity index (χ1v) is 7.32. The van der Waals surface area contributed by atoms with Gasteiger partial charge in [-0.05, 0) is 40.1 Å². The molecule has 16 heavy (non-hydrogen) atoms. The van der Waals surface area contributed by atoms with Gasteiger partial charge in [-0.3, -0.25) is 0 Å². The van der Waals surface area contributed by atoms with Crippen LogP contribution in [0.2, 0.25) is 0 Å². The van der Waals surface area contributed by atoms with Crippen LogP contribution in [0.5, 0.6) is 0 Å². The minimum Gasteiger partial charge on any atom is -0.347 e. The summed E-state index contributed by atoms with van der Waals surface area (Å²) in [4.78, 5) is 2.35. The van der Waals surface area contributed by atoms with Crippen molar-refractivity contribution in [3.05, 3.63) is 3.92 Å². The van der Waals surface area contributed by atoms with Crippen molar-refractivity contribution in [1.82, 2.24) is 10.2 Å². The molecule has 0 atom stereocenters. The molecule has 1 fully saturated rings. The fourth-order valence-corrected chi connectivity index (χ4v) is 3.40. The lowest BCUT2D eigenvalue weighted by molar-refractivity contribution is 0.199. The van der Waals surface area contributed by atoms with E-state index in [4.69, 9.17) is 0 Å². The average molecular weight is 304 g/mol. The average Bonchev–Trinajstić information content (AvgIpc) is 2.64. The molecule has 2 heterocycles. The van der Waals surface area contributed by atoms with E-state index in [0.717, 1.165) is 28.1 Å². The van der Waals surface area contributed by atoms with Crippen molar-refractivity contribution < 1.29 is 0 Å². The SMILES string of the molecule is CC(C)(C)C1CCN(c2nnc(Br)s2)CC1. The lowest BCUT2D eigenvalue weighted by atomic mass is 9.75. The van der Waals surface area contributed by atoms with Gasteiger partial charge in [-0.2, -0.15) is 0 Å². The highest BCUT2D eigenvalue weighted by molar-refractivity contribution is 9.11. The van der Waals surface area contributed by atoms with Gasteiger partial charge in [-0.25, -0.2) is 0 Å². The Kier molecular flexibility index (Phi) is 3.54. The van der Waals surface area contributed by atoms with Gasteiger partial charge in [0.2, 0.25) is 5.13 Å². The van der Waals surface area contributed by atoms with Crippen LogP contribution in [-0.2, 0) is 0 Å². The molecule has 0 unspecified atom stereocenters. The number of anilines is 1. The van der Waals surface area contributed by atoms with Crippen LogP contribution >= 0.6 is 27.3 Å². The molecule has 90 valence electrons. The normalized spacial score (nSPS) is 19.1. The van der Waals surface area contributed by atoms with Crippen LogP contribution < -0.4 is 4.90 Å². The Morgan fingerprint density at radius 3 is 2.31 bits per heavy atom. The van der Waals surface area contributed by atoms with E-state index < -0.39 is 0 Å². The minimum absolute atomic E-state index is 0.438. The second-order valence-electron chi connectivity index (χ2n) is 5.46. The molecule has 3 nitrogen and oxygen atoms in total. The molecule has 1 aromatic heterocycles. The van der Waals surface area contributed by atoms with Crippen molar-refractivity contribution in [3.63, 3.8) is 0 Å². The van der Waals surface area contributed by atoms with Crippen LogP contribution in [0.4, 0.5) is 5.13 Å². The first-order chi connectivity index (χ1) is 7.47. The quantitative estimate of drug-likeness (QED) is 0.794. The summed E-state index contributed by atoms with van der Waals surface area (Å²) in [7, 11) is 0. The fraction of sp³-hybridized carbons (Fsp3) is 0.818. The van der Waals surface area contributed by atoms with E-state index in [1.807, 2.05) is 0 Å². The van der Waals surface area contributed by atoms with Gasteiger partial charge in [0.1, 0.15) is 0 Å². The standard InChI is InChI=1S/C11H18BrN3S/c1-11(2,3)8-4-6-15(7-5-8)10-14-13-9(12)16-10/h8H,4-7H2,1-3H3. The molecule has 1 aliphatic rings. The largest absolute Gasteiger partial charge is 0.347 e. The molecule has 0 saturated carbocycles. The maximum Gasteiger partial charge on any atom is 0.209 e. The molecule has 1 saturated heterocycles. The Labute approximate surface area is 109 Å². The molecule has 0 amide bonds. The predicted octanol–water partition coefficient (Wildman–Crippen LogP) is 3.56. The van der Waals surface area contributed by atoms with Gasteiger partial charge < -0.3 is 4.90 Å². The Bertz CT molecular complexity index is 350. The zero-order valence-corrected chi connectivity index (χ0v) is 12.4. The van der Waals surface area contributed by atoms with Gasteiger partial charge in [0.15, 0.2) is 3.92 Å². The summed E-state index contributed by atoms with van der Waals surface area (Å²) in [5.74, 6) is 0.833. The summed E-state index contributed by atoms with van der Waals surface area (Å²) in [6.45, 7) is 9.26. The number of piperidine rings is 1. The van der Waals surface area contributed by atoms with Crippen molar-refractivity contribution in [2.75, 3.05) is 18.0 Å². The van der Waals surface area contributed by atoms with Crippen LogP contribution in [0.25, 0.3) is 0 Å². The van der Waals surface area contributed by atoms with Gasteiger partial charge in [-0.15, -0.1) is 10.2 Å². The molecule has 0 aliphatic carbocycles. The molecule has 1 aromatic rings. The Hall–Kier alpha value is -0.160. The van der Waals surface area contributed by atoms with Crippen LogP contribution in [0.15, 0.2) is 3.92 Å². The summed E-state index contributed by atoms with van der Waals surface area (Å²) in [6, 6.07) is 0. The van der Waals surface area contributed by atoms with E-state index >= 15 is 0 Å². The molecule has 5 heteroatoms. The molecule has 0 N–H and O–H groups in total. The highest BCUT2D eigenvalue weighted by atomic mass is 79.9. The molecule has 0 bridgehead atoms. The van der Waals surface area contributed by atoms with Crippen LogP contribution in [-0.4, -0.2) is 23.3 Å². The number of hydrogen-bond acceptors (Lipinski definition) is 4. The number of aromatic nitrogens is 2. The summed E-state index contributed by atoms with van der Waals surface area (Å²) >= 11 is 4.98. The second kappa shape index (κ2) is 4.61. The van der Waals surface area contributed by atoms with Gasteiger partial charge in [0.25, 0.3) is 0 Å². The smallest absolute Gasteiger partial charge is 0.209 e. The summed E-state index contributed by atoms with van der Waals surface area (Å²) in [6.07, 6.45) is 2.53. The Morgan fingerprint density at radius 2 is 1.88 bits per heavy atom. The van der Waals surface area contributed by atoms with E-state index in [2.05, 4.69) is 51.8 Å². The fourth-order valence-electron chi connectivity index (χ4n) is 2.26. The second-order valence-corrected chi connectivity index (χ2v) is 7.70. The first kappa shape index (κ1) is 12.3. The molecular weight excluding hydrogens is 286 g/mol. The number of rotatable bonds is 1. The highest BCUT2D eigenvalue weighted by Gasteiger charge is 2.29. The zero-order chi connectivity index (χ0) is 11.8. The van der Waals surface area contributed by atoms with Gasteiger partial charge in [0, 0.05) is 13.1 Å². The lowest BCUT2D eigenvalue weighted by Crippen LogP contribution is -2.37. The summed E-state index contributed by atoms with van der Waals surface area (Å²) < 4.78 is 0.875. The van der Waals surface area contributed by atoms with Crippen molar-refractivity contribution in [3.8, 4) is 0 Å². The molecule has 0 aromatic carbocycles. The van der Waals surface area contributed by atoms with Crippen LogP contribution in [0, 0.1) is 11.3 Å². The number of halogens is 1. The van der Waals surface area contributed by atoms with Crippen molar-refractivity contribution in [2.45, 2.75) is 33.6 Å². The Morgan fingerprint density at radius 1 is 1.25 bits per heavy atom. The predicted molar refractivity (Wildman–Crippen MR) is 72.0 cm³/mol. The molecule has 0 radical (unpaired) electrons. The highest BCUT2D eigenvalue weighted by Crippen LogP contribution is 2.36. The van der Waals surface area contributed by atoms with Crippen LogP contribution in [0.3, 0.4) is 0 Å². The monoisotopic (exact) mass is 303 g/mol. The van der Waals surface area contributed by atoms with Gasteiger partial charge >= 0.3 is 0 Å². The van der Waals surface area contributed by atoms with Crippen molar-refractivity contribution in [2.24, 2.45) is 11.3 Å². The Balaban J connectivity index is 1.95. The van der Waals surface area contributed by atoms with E-state index in [9.17, 15) is 0 Å². The van der Waals surface area contributed by atoms with Crippen molar-refractivity contribution >= 4 is 32.4 Å². The third kappa shape index (κ3) is 2.74. The van der Waals surface area contributed by atoms with E-state index in [1.54, 1.807) is 11.3 Å².